The molecule has 0 saturated heterocycles. The van der Waals surface area contributed by atoms with Crippen molar-refractivity contribution in [2.75, 3.05) is 30.4 Å². The normalized spacial score (nSPS) is 11.1. The Morgan fingerprint density at radius 1 is 1.09 bits per heavy atom. The van der Waals surface area contributed by atoms with E-state index in [1.165, 1.54) is 5.69 Å². The first kappa shape index (κ1) is 23.7. The summed E-state index contributed by atoms with van der Waals surface area (Å²) in [6.07, 6.45) is 1.64. The van der Waals surface area contributed by atoms with Crippen molar-refractivity contribution in [3.05, 3.63) is 77.1 Å². The molecular weight excluding hydrogens is 412 g/mol. The van der Waals surface area contributed by atoms with E-state index in [-0.39, 0.29) is 5.57 Å². The first-order chi connectivity index (χ1) is 15.9. The van der Waals surface area contributed by atoms with Gasteiger partial charge >= 0.3 is 0 Å². The number of nitriles is 1. The van der Waals surface area contributed by atoms with Crippen LogP contribution in [0.25, 0.3) is 11.8 Å². The van der Waals surface area contributed by atoms with Crippen molar-refractivity contribution in [2.45, 2.75) is 27.7 Å². The Labute approximate surface area is 195 Å². The van der Waals surface area contributed by atoms with Crippen LogP contribution in [0, 0.1) is 25.2 Å². The quantitative estimate of drug-likeness (QED) is 0.370. The maximum atomic E-state index is 12.7. The molecular formula is C27H30N4O2. The second kappa shape index (κ2) is 10.6. The molecule has 3 aromatic rings. The van der Waals surface area contributed by atoms with Crippen LogP contribution in [-0.2, 0) is 4.79 Å². The molecule has 0 radical (unpaired) electrons. The number of hydrogen-bond acceptors (Lipinski definition) is 4. The maximum Gasteiger partial charge on any atom is 0.266 e. The highest BCUT2D eigenvalue weighted by Crippen LogP contribution is 2.25. The summed E-state index contributed by atoms with van der Waals surface area (Å²) in [7, 11) is 1.58. The number of nitrogens with one attached hydrogen (secondary N) is 1. The fourth-order valence-electron chi connectivity index (χ4n) is 3.91. The number of aromatic nitrogens is 1. The largest absolute Gasteiger partial charge is 0.497 e. The van der Waals surface area contributed by atoms with E-state index < -0.39 is 5.91 Å². The van der Waals surface area contributed by atoms with Crippen molar-refractivity contribution in [3.8, 4) is 17.5 Å². The SMILES string of the molecule is CCN(CC)c1ccc(-n2c(C)cc(/C=C(/C#N)C(=O)Nc3ccc(OC)cc3)c2C)cc1. The van der Waals surface area contributed by atoms with Gasteiger partial charge in [0.15, 0.2) is 0 Å². The smallest absolute Gasteiger partial charge is 0.266 e. The van der Waals surface area contributed by atoms with Gasteiger partial charge in [-0.05, 0) is 93.9 Å². The van der Waals surface area contributed by atoms with E-state index in [4.69, 9.17) is 4.74 Å². The Morgan fingerprint density at radius 3 is 2.27 bits per heavy atom. The highest BCUT2D eigenvalue weighted by atomic mass is 16.5. The fraction of sp³-hybridized carbons (Fsp3) is 0.259. The van der Waals surface area contributed by atoms with Gasteiger partial charge in [-0.2, -0.15) is 5.26 Å². The van der Waals surface area contributed by atoms with Gasteiger partial charge in [0.05, 0.1) is 7.11 Å². The van der Waals surface area contributed by atoms with Crippen LogP contribution < -0.4 is 15.0 Å². The molecule has 2 aromatic carbocycles. The molecule has 6 heteroatoms. The van der Waals surface area contributed by atoms with Crippen LogP contribution in [0.1, 0.15) is 30.8 Å². The molecule has 0 aliphatic rings. The lowest BCUT2D eigenvalue weighted by Gasteiger charge is -2.21. The average Bonchev–Trinajstić information content (AvgIpc) is 3.11. The Balaban J connectivity index is 1.86. The van der Waals surface area contributed by atoms with E-state index in [9.17, 15) is 10.1 Å². The topological polar surface area (TPSA) is 70.3 Å². The van der Waals surface area contributed by atoms with Crippen molar-refractivity contribution in [2.24, 2.45) is 0 Å². The summed E-state index contributed by atoms with van der Waals surface area (Å²) in [6.45, 7) is 10.2. The number of benzene rings is 2. The van der Waals surface area contributed by atoms with E-state index >= 15 is 0 Å². The average molecular weight is 443 g/mol. The second-order valence-electron chi connectivity index (χ2n) is 7.70. The van der Waals surface area contributed by atoms with Crippen molar-refractivity contribution < 1.29 is 9.53 Å². The summed E-state index contributed by atoms with van der Waals surface area (Å²) >= 11 is 0. The van der Waals surface area contributed by atoms with Gasteiger partial charge in [0, 0.05) is 41.5 Å². The lowest BCUT2D eigenvalue weighted by molar-refractivity contribution is -0.112. The number of nitrogens with zero attached hydrogens (tertiary/aromatic N) is 3. The molecule has 170 valence electrons. The van der Waals surface area contributed by atoms with Gasteiger partial charge < -0.3 is 19.5 Å². The van der Waals surface area contributed by atoms with Crippen LogP contribution in [0.5, 0.6) is 5.75 Å². The van der Waals surface area contributed by atoms with Gasteiger partial charge in [0.25, 0.3) is 5.91 Å². The molecule has 0 aliphatic carbocycles. The number of anilines is 2. The van der Waals surface area contributed by atoms with Crippen LogP contribution in [0.2, 0.25) is 0 Å². The third-order valence-electron chi connectivity index (χ3n) is 5.72. The molecule has 1 N–H and O–H groups in total. The van der Waals surface area contributed by atoms with E-state index in [1.807, 2.05) is 26.0 Å². The van der Waals surface area contributed by atoms with Crippen LogP contribution in [0.3, 0.4) is 0 Å². The van der Waals surface area contributed by atoms with Crippen molar-refractivity contribution in [1.82, 2.24) is 4.57 Å². The number of amides is 1. The Hall–Kier alpha value is -3.98. The van der Waals surface area contributed by atoms with Gasteiger partial charge in [0.1, 0.15) is 17.4 Å². The van der Waals surface area contributed by atoms with E-state index in [2.05, 4.69) is 52.9 Å². The molecule has 0 bridgehead atoms. The van der Waals surface area contributed by atoms with Crippen molar-refractivity contribution >= 4 is 23.4 Å². The standard InChI is InChI=1S/C27H30N4O2/c1-6-30(7-2)24-10-12-25(13-11-24)31-19(3)16-21(20(31)4)17-22(18-28)27(32)29-23-8-14-26(33-5)15-9-23/h8-17H,6-7H2,1-5H3,(H,29,32)/b22-17-. The van der Waals surface area contributed by atoms with Crippen molar-refractivity contribution in [3.63, 3.8) is 0 Å². The van der Waals surface area contributed by atoms with Gasteiger partial charge in [-0.25, -0.2) is 0 Å². The minimum Gasteiger partial charge on any atom is -0.497 e. The zero-order valence-electron chi connectivity index (χ0n) is 19.8. The number of carbonyl (C=O) groups excluding carboxylic acids is 1. The van der Waals surface area contributed by atoms with Crippen LogP contribution >= 0.6 is 0 Å². The zero-order chi connectivity index (χ0) is 24.0. The molecule has 3 rings (SSSR count). The van der Waals surface area contributed by atoms with Gasteiger partial charge in [-0.3, -0.25) is 4.79 Å². The highest BCUT2D eigenvalue weighted by molar-refractivity contribution is 6.09. The lowest BCUT2D eigenvalue weighted by atomic mass is 10.1. The van der Waals surface area contributed by atoms with E-state index in [0.29, 0.717) is 11.4 Å². The first-order valence-electron chi connectivity index (χ1n) is 11.0. The Morgan fingerprint density at radius 2 is 1.73 bits per heavy atom. The monoisotopic (exact) mass is 442 g/mol. The molecule has 6 nitrogen and oxygen atoms in total. The second-order valence-corrected chi connectivity index (χ2v) is 7.70. The zero-order valence-corrected chi connectivity index (χ0v) is 19.8. The van der Waals surface area contributed by atoms with Crippen LogP contribution in [0.15, 0.2) is 60.2 Å². The van der Waals surface area contributed by atoms with E-state index in [0.717, 1.165) is 35.7 Å². The Kier molecular flexibility index (Phi) is 7.57. The molecule has 0 saturated carbocycles. The summed E-state index contributed by atoms with van der Waals surface area (Å²) in [5.41, 5.74) is 5.70. The van der Waals surface area contributed by atoms with Crippen LogP contribution in [-0.4, -0.2) is 30.7 Å². The number of carbonyl (C=O) groups is 1. The van der Waals surface area contributed by atoms with Gasteiger partial charge in [-0.15, -0.1) is 0 Å². The Bertz CT molecular complexity index is 1180. The highest BCUT2D eigenvalue weighted by Gasteiger charge is 2.14. The molecule has 0 fully saturated rings. The molecule has 0 unspecified atom stereocenters. The minimum atomic E-state index is -0.448. The molecule has 33 heavy (non-hydrogen) atoms. The predicted octanol–water partition coefficient (Wildman–Crippen LogP) is 5.49. The summed E-state index contributed by atoms with van der Waals surface area (Å²) in [6, 6.07) is 19.5. The van der Waals surface area contributed by atoms with Crippen LogP contribution in [0.4, 0.5) is 11.4 Å². The number of ether oxygens (including phenoxy) is 1. The van der Waals surface area contributed by atoms with Crippen molar-refractivity contribution in [1.29, 1.82) is 5.26 Å². The number of rotatable bonds is 8. The lowest BCUT2D eigenvalue weighted by Crippen LogP contribution is -2.21. The summed E-state index contributed by atoms with van der Waals surface area (Å²) in [5.74, 6) is 0.248. The van der Waals surface area contributed by atoms with Gasteiger partial charge in [0.2, 0.25) is 0 Å². The number of hydrogen-bond donors (Lipinski definition) is 1. The third kappa shape index (κ3) is 5.27. The molecule has 0 aliphatic heterocycles. The number of methoxy groups -OCH3 is 1. The molecule has 0 atom stereocenters. The van der Waals surface area contributed by atoms with Gasteiger partial charge in [-0.1, -0.05) is 0 Å². The molecule has 0 spiro atoms. The fourth-order valence-corrected chi connectivity index (χ4v) is 3.91. The summed E-state index contributed by atoms with van der Waals surface area (Å²) in [5, 5.41) is 12.4. The maximum absolute atomic E-state index is 12.7. The number of aryl methyl sites for hydroxylation is 1. The summed E-state index contributed by atoms with van der Waals surface area (Å²) < 4.78 is 7.27. The minimum absolute atomic E-state index is 0.0444. The van der Waals surface area contributed by atoms with E-state index in [1.54, 1.807) is 37.5 Å². The molecule has 1 amide bonds. The molecule has 1 heterocycles. The first-order valence-corrected chi connectivity index (χ1v) is 11.0. The molecule has 1 aromatic heterocycles. The summed E-state index contributed by atoms with van der Waals surface area (Å²) in [4.78, 5) is 15.0. The predicted molar refractivity (Wildman–Crippen MR) is 134 cm³/mol. The third-order valence-corrected chi connectivity index (χ3v) is 5.72.